The third-order valence-corrected chi connectivity index (χ3v) is 9.75. The Labute approximate surface area is 163 Å². The van der Waals surface area contributed by atoms with E-state index in [0.29, 0.717) is 5.41 Å². The van der Waals surface area contributed by atoms with Crippen LogP contribution in [0.1, 0.15) is 78.6 Å². The summed E-state index contributed by atoms with van der Waals surface area (Å²) in [7, 11) is 0. The molecule has 4 saturated carbocycles. The van der Waals surface area contributed by atoms with Crippen LogP contribution in [0.15, 0.2) is 0 Å². The molecule has 0 aromatic rings. The number of carbonyl (C=O) groups excluding carboxylic acids is 1. The summed E-state index contributed by atoms with van der Waals surface area (Å²) in [6, 6.07) is 0. The Morgan fingerprint density at radius 3 is 2.41 bits per heavy atom. The van der Waals surface area contributed by atoms with Crippen molar-refractivity contribution >= 4 is 5.97 Å². The third kappa shape index (κ3) is 2.51. The van der Waals surface area contributed by atoms with Crippen LogP contribution in [0, 0.1) is 34.5 Å². The maximum Gasteiger partial charge on any atom is 0.302 e. The molecule has 0 amide bonds. The monoisotopic (exact) mass is 376 g/mol. The predicted octanol–water partition coefficient (Wildman–Crippen LogP) is 4.70. The van der Waals surface area contributed by atoms with Gasteiger partial charge in [-0.2, -0.15) is 0 Å². The fraction of sp³-hybridized carbons (Fsp3) is 0.957. The van der Waals surface area contributed by atoms with Gasteiger partial charge in [-0.3, -0.25) is 4.79 Å². The van der Waals surface area contributed by atoms with E-state index in [-0.39, 0.29) is 23.3 Å². The van der Waals surface area contributed by atoms with Crippen LogP contribution < -0.4 is 0 Å². The average molecular weight is 377 g/mol. The number of hydrogen-bond acceptors (Lipinski definition) is 4. The van der Waals surface area contributed by atoms with Crippen molar-refractivity contribution < 1.29 is 19.0 Å². The van der Waals surface area contributed by atoms with E-state index >= 15 is 0 Å². The van der Waals surface area contributed by atoms with E-state index in [9.17, 15) is 4.79 Å². The molecule has 0 radical (unpaired) electrons. The van der Waals surface area contributed by atoms with Crippen molar-refractivity contribution in [3.63, 3.8) is 0 Å². The lowest BCUT2D eigenvalue weighted by molar-refractivity contribution is -0.248. The van der Waals surface area contributed by atoms with Gasteiger partial charge >= 0.3 is 5.97 Å². The van der Waals surface area contributed by atoms with Gasteiger partial charge in [0.2, 0.25) is 0 Å². The maximum atomic E-state index is 11.4. The van der Waals surface area contributed by atoms with Crippen molar-refractivity contribution in [2.45, 2.75) is 90.4 Å². The highest BCUT2D eigenvalue weighted by molar-refractivity contribution is 5.66. The molecule has 5 aliphatic rings. The summed E-state index contributed by atoms with van der Waals surface area (Å²) in [5, 5.41) is 0. The van der Waals surface area contributed by atoms with Gasteiger partial charge in [-0.1, -0.05) is 13.8 Å². The van der Waals surface area contributed by atoms with E-state index in [0.717, 1.165) is 56.1 Å². The minimum atomic E-state index is -0.284. The van der Waals surface area contributed by atoms with Gasteiger partial charge in [0, 0.05) is 18.8 Å². The normalized spacial score (nSPS) is 50.7. The zero-order valence-corrected chi connectivity index (χ0v) is 17.3. The van der Waals surface area contributed by atoms with Crippen LogP contribution in [0.25, 0.3) is 0 Å². The molecule has 4 aliphatic carbocycles. The molecule has 0 N–H and O–H groups in total. The second-order valence-corrected chi connectivity index (χ2v) is 10.6. The fourth-order valence-corrected chi connectivity index (χ4v) is 8.45. The lowest BCUT2D eigenvalue weighted by atomic mass is 9.45. The molecular weight excluding hydrogens is 340 g/mol. The summed E-state index contributed by atoms with van der Waals surface area (Å²) in [5.74, 6) is 2.71. The Hall–Kier alpha value is -0.610. The smallest absolute Gasteiger partial charge is 0.302 e. The SMILES string of the molecule is CC(=O)O[C@@H]1CC[C@@]2(C)[C@@H](CC[C@@H]3[C@H]2CC[C@@]2(C)[C@H]3CCC23OCCO3)C1. The molecule has 4 nitrogen and oxygen atoms in total. The first-order chi connectivity index (χ1) is 12.9. The van der Waals surface area contributed by atoms with E-state index in [1.165, 1.54) is 38.5 Å². The summed E-state index contributed by atoms with van der Waals surface area (Å²) >= 11 is 0. The van der Waals surface area contributed by atoms with Gasteiger partial charge in [0.15, 0.2) is 5.79 Å². The molecule has 0 unspecified atom stereocenters. The van der Waals surface area contributed by atoms with Crippen molar-refractivity contribution in [1.29, 1.82) is 0 Å². The summed E-state index contributed by atoms with van der Waals surface area (Å²) in [6.45, 7) is 8.13. The Bertz CT molecular complexity index is 611. The van der Waals surface area contributed by atoms with Crippen molar-refractivity contribution in [2.24, 2.45) is 34.5 Å². The zero-order chi connectivity index (χ0) is 18.9. The van der Waals surface area contributed by atoms with Crippen molar-refractivity contribution in [3.05, 3.63) is 0 Å². The average Bonchev–Trinajstić information content (AvgIpc) is 3.21. The van der Waals surface area contributed by atoms with Crippen LogP contribution in [0.2, 0.25) is 0 Å². The molecule has 1 heterocycles. The number of esters is 1. The summed E-state index contributed by atoms with van der Waals surface area (Å²) in [5.41, 5.74) is 0.622. The first kappa shape index (κ1) is 18.4. The molecule has 5 rings (SSSR count). The molecule has 1 saturated heterocycles. The Morgan fingerprint density at radius 1 is 0.926 bits per heavy atom. The second-order valence-electron chi connectivity index (χ2n) is 10.6. The van der Waals surface area contributed by atoms with Crippen molar-refractivity contribution in [2.75, 3.05) is 13.2 Å². The maximum absolute atomic E-state index is 11.4. The van der Waals surface area contributed by atoms with Crippen LogP contribution >= 0.6 is 0 Å². The molecule has 27 heavy (non-hydrogen) atoms. The number of fused-ring (bicyclic) bond motifs is 6. The number of carbonyl (C=O) groups is 1. The number of hydrogen-bond donors (Lipinski definition) is 0. The van der Waals surface area contributed by atoms with Gasteiger partial charge in [-0.15, -0.1) is 0 Å². The second kappa shape index (κ2) is 6.19. The lowest BCUT2D eigenvalue weighted by Crippen LogP contribution is -2.57. The van der Waals surface area contributed by atoms with Crippen LogP contribution in [-0.2, 0) is 19.0 Å². The molecule has 1 spiro atoms. The topological polar surface area (TPSA) is 44.8 Å². The van der Waals surface area contributed by atoms with Crippen LogP contribution in [0.4, 0.5) is 0 Å². The van der Waals surface area contributed by atoms with Crippen LogP contribution in [-0.4, -0.2) is 31.1 Å². The Kier molecular flexibility index (Phi) is 4.22. The van der Waals surface area contributed by atoms with E-state index < -0.39 is 0 Å². The van der Waals surface area contributed by atoms with Gasteiger partial charge in [-0.25, -0.2) is 0 Å². The standard InChI is InChI=1S/C23H36O4/c1-15(24)27-17-6-9-21(2)16(14-17)4-5-18-19(21)7-10-22(3)20(18)8-11-23(22)25-12-13-26-23/h16-20H,4-14H2,1-3H3/t16-,17+,18+,19+,20-,21-,22-/m0/s1. The van der Waals surface area contributed by atoms with E-state index in [1.807, 2.05) is 0 Å². The molecule has 5 fully saturated rings. The number of ether oxygens (including phenoxy) is 3. The van der Waals surface area contributed by atoms with Crippen LogP contribution in [0.3, 0.4) is 0 Å². The fourth-order valence-electron chi connectivity index (χ4n) is 8.45. The molecule has 0 aromatic carbocycles. The van der Waals surface area contributed by atoms with Gasteiger partial charge in [0.1, 0.15) is 6.10 Å². The zero-order valence-electron chi connectivity index (χ0n) is 17.3. The van der Waals surface area contributed by atoms with Gasteiger partial charge in [0.25, 0.3) is 0 Å². The highest BCUT2D eigenvalue weighted by Crippen LogP contribution is 2.69. The Morgan fingerprint density at radius 2 is 1.67 bits per heavy atom. The summed E-state index contributed by atoms with van der Waals surface area (Å²) < 4.78 is 18.1. The van der Waals surface area contributed by atoms with Crippen molar-refractivity contribution in [3.8, 4) is 0 Å². The largest absolute Gasteiger partial charge is 0.463 e. The van der Waals surface area contributed by atoms with Crippen LogP contribution in [0.5, 0.6) is 0 Å². The summed E-state index contributed by atoms with van der Waals surface area (Å²) in [6.07, 6.45) is 11.1. The summed E-state index contributed by atoms with van der Waals surface area (Å²) in [4.78, 5) is 11.4. The molecule has 7 atom stereocenters. The quantitative estimate of drug-likeness (QED) is 0.622. The molecule has 0 bridgehead atoms. The van der Waals surface area contributed by atoms with E-state index in [4.69, 9.17) is 14.2 Å². The van der Waals surface area contributed by atoms with E-state index in [1.54, 1.807) is 6.92 Å². The minimum absolute atomic E-state index is 0.112. The van der Waals surface area contributed by atoms with Crippen molar-refractivity contribution in [1.82, 2.24) is 0 Å². The van der Waals surface area contributed by atoms with E-state index in [2.05, 4.69) is 13.8 Å². The molecular formula is C23H36O4. The number of rotatable bonds is 1. The predicted molar refractivity (Wildman–Crippen MR) is 102 cm³/mol. The van der Waals surface area contributed by atoms with Gasteiger partial charge in [0.05, 0.1) is 13.2 Å². The first-order valence-electron chi connectivity index (χ1n) is 11.3. The van der Waals surface area contributed by atoms with Gasteiger partial charge in [-0.05, 0) is 80.5 Å². The highest BCUT2D eigenvalue weighted by Gasteiger charge is 2.67. The Balaban J connectivity index is 1.37. The third-order valence-electron chi connectivity index (χ3n) is 9.75. The van der Waals surface area contributed by atoms with Gasteiger partial charge < -0.3 is 14.2 Å². The molecule has 4 heteroatoms. The molecule has 0 aromatic heterocycles. The first-order valence-corrected chi connectivity index (χ1v) is 11.3. The molecule has 152 valence electrons. The lowest BCUT2D eigenvalue weighted by Gasteiger charge is -2.61. The minimum Gasteiger partial charge on any atom is -0.463 e. The highest BCUT2D eigenvalue weighted by atomic mass is 16.7. The molecule has 1 aliphatic heterocycles.